The average Bonchev–Trinajstić information content (AvgIpc) is 2.60. The molecule has 1 N–H and O–H groups in total. The Morgan fingerprint density at radius 1 is 1.29 bits per heavy atom. The monoisotopic (exact) mass is 235 g/mol. The van der Waals surface area contributed by atoms with E-state index in [0.717, 1.165) is 18.4 Å². The van der Waals surface area contributed by atoms with E-state index >= 15 is 0 Å². The lowest BCUT2D eigenvalue weighted by molar-refractivity contribution is 0.386. The van der Waals surface area contributed by atoms with E-state index in [9.17, 15) is 0 Å². The van der Waals surface area contributed by atoms with Gasteiger partial charge in [0.05, 0.1) is 0 Å². The first-order valence-corrected chi connectivity index (χ1v) is 7.73. The fraction of sp³-hybridized carbons (Fsp3) is 0.875. The molecule has 0 spiro atoms. The lowest BCUT2D eigenvalue weighted by atomic mass is 9.88. The van der Waals surface area contributed by atoms with Gasteiger partial charge in [0.25, 0.3) is 0 Å². The predicted octanol–water partition coefficient (Wildman–Crippen LogP) is 4.29. The number of rotatable bonds is 4. The Hall–Kier alpha value is -0.300. The van der Waals surface area contributed by atoms with Crippen molar-refractivity contribution in [1.82, 2.24) is 5.32 Å². The number of allylic oxidation sites excluding steroid dienone is 1. The maximum absolute atomic E-state index is 3.77. The van der Waals surface area contributed by atoms with Crippen molar-refractivity contribution in [2.45, 2.75) is 71.3 Å². The van der Waals surface area contributed by atoms with Gasteiger partial charge in [0.1, 0.15) is 0 Å². The molecule has 0 heterocycles. The van der Waals surface area contributed by atoms with Crippen LogP contribution in [-0.4, -0.2) is 12.6 Å². The first-order valence-electron chi connectivity index (χ1n) is 7.73. The summed E-state index contributed by atoms with van der Waals surface area (Å²) in [5, 5.41) is 3.77. The Morgan fingerprint density at radius 3 is 2.88 bits per heavy atom. The van der Waals surface area contributed by atoms with E-state index in [-0.39, 0.29) is 0 Å². The molecular formula is C16H29N. The molecule has 2 aliphatic carbocycles. The molecule has 1 nitrogen and oxygen atoms in total. The van der Waals surface area contributed by atoms with E-state index in [2.05, 4.69) is 25.2 Å². The van der Waals surface area contributed by atoms with Crippen molar-refractivity contribution in [2.24, 2.45) is 11.8 Å². The molecule has 0 saturated heterocycles. The summed E-state index contributed by atoms with van der Waals surface area (Å²) in [5.74, 6) is 1.86. The number of likely N-dealkylation sites (N-methyl/N-ethyl adjacent to an activating group) is 1. The third kappa shape index (κ3) is 3.58. The van der Waals surface area contributed by atoms with Gasteiger partial charge in [-0.2, -0.15) is 0 Å². The van der Waals surface area contributed by atoms with Gasteiger partial charge in [-0.25, -0.2) is 0 Å². The molecule has 1 saturated carbocycles. The summed E-state index contributed by atoms with van der Waals surface area (Å²) in [6.45, 7) is 5.79. The summed E-state index contributed by atoms with van der Waals surface area (Å²) in [7, 11) is 0. The Kier molecular flexibility index (Phi) is 5.09. The van der Waals surface area contributed by atoms with Crippen LogP contribution in [0.15, 0.2) is 11.6 Å². The van der Waals surface area contributed by atoms with Crippen molar-refractivity contribution in [3.8, 4) is 0 Å². The average molecular weight is 235 g/mol. The Labute approximate surface area is 107 Å². The SMILES string of the molecule is CCNC(C1=CCCCCC1)C1CCC(C)C1. The van der Waals surface area contributed by atoms with Gasteiger partial charge in [-0.05, 0) is 56.9 Å². The summed E-state index contributed by atoms with van der Waals surface area (Å²) in [5.41, 5.74) is 1.74. The van der Waals surface area contributed by atoms with E-state index in [4.69, 9.17) is 0 Å². The van der Waals surface area contributed by atoms with Gasteiger partial charge in [-0.1, -0.05) is 38.3 Å². The second kappa shape index (κ2) is 6.58. The molecule has 98 valence electrons. The van der Waals surface area contributed by atoms with Crippen molar-refractivity contribution in [3.05, 3.63) is 11.6 Å². The van der Waals surface area contributed by atoms with Crippen molar-refractivity contribution in [3.63, 3.8) is 0 Å². The highest BCUT2D eigenvalue weighted by molar-refractivity contribution is 5.14. The van der Waals surface area contributed by atoms with Crippen LogP contribution < -0.4 is 5.32 Å². The van der Waals surface area contributed by atoms with Crippen LogP contribution in [-0.2, 0) is 0 Å². The summed E-state index contributed by atoms with van der Waals surface area (Å²) in [6, 6.07) is 0.697. The van der Waals surface area contributed by atoms with Crippen LogP contribution in [0.3, 0.4) is 0 Å². The topological polar surface area (TPSA) is 12.0 Å². The van der Waals surface area contributed by atoms with Gasteiger partial charge in [-0.15, -0.1) is 0 Å². The van der Waals surface area contributed by atoms with Crippen LogP contribution in [0.5, 0.6) is 0 Å². The highest BCUT2D eigenvalue weighted by Crippen LogP contribution is 2.36. The minimum absolute atomic E-state index is 0.697. The Bertz CT molecular complexity index is 256. The summed E-state index contributed by atoms with van der Waals surface area (Å²) in [6.07, 6.45) is 13.8. The molecule has 17 heavy (non-hydrogen) atoms. The van der Waals surface area contributed by atoms with Gasteiger partial charge < -0.3 is 5.32 Å². The maximum atomic E-state index is 3.77. The summed E-state index contributed by atoms with van der Waals surface area (Å²) >= 11 is 0. The molecule has 1 fully saturated rings. The molecule has 2 rings (SSSR count). The molecule has 1 heteroatoms. The van der Waals surface area contributed by atoms with Crippen LogP contribution in [0, 0.1) is 11.8 Å². The fourth-order valence-corrected chi connectivity index (χ4v) is 3.70. The largest absolute Gasteiger partial charge is 0.310 e. The van der Waals surface area contributed by atoms with Crippen molar-refractivity contribution < 1.29 is 0 Å². The van der Waals surface area contributed by atoms with Gasteiger partial charge in [-0.3, -0.25) is 0 Å². The van der Waals surface area contributed by atoms with Crippen LogP contribution in [0.2, 0.25) is 0 Å². The molecule has 0 aliphatic heterocycles. The fourth-order valence-electron chi connectivity index (χ4n) is 3.70. The van der Waals surface area contributed by atoms with Gasteiger partial charge in [0.2, 0.25) is 0 Å². The molecular weight excluding hydrogens is 206 g/mol. The minimum atomic E-state index is 0.697. The van der Waals surface area contributed by atoms with Crippen molar-refractivity contribution in [2.75, 3.05) is 6.54 Å². The second-order valence-corrected chi connectivity index (χ2v) is 6.09. The zero-order valence-electron chi connectivity index (χ0n) is 11.7. The molecule has 3 unspecified atom stereocenters. The van der Waals surface area contributed by atoms with Gasteiger partial charge in [0, 0.05) is 6.04 Å². The molecule has 2 aliphatic rings. The van der Waals surface area contributed by atoms with E-state index in [0.29, 0.717) is 6.04 Å². The molecule has 0 amide bonds. The standard InChI is InChI=1S/C16H29N/c1-3-17-16(15-11-10-13(2)12-15)14-8-6-4-5-7-9-14/h8,13,15-17H,3-7,9-12H2,1-2H3. The van der Waals surface area contributed by atoms with Gasteiger partial charge >= 0.3 is 0 Å². The first kappa shape index (κ1) is 13.1. The van der Waals surface area contributed by atoms with E-state index in [1.807, 2.05) is 0 Å². The molecule has 0 aromatic carbocycles. The quantitative estimate of drug-likeness (QED) is 0.717. The normalized spacial score (nSPS) is 32.0. The molecule has 0 aromatic rings. The van der Waals surface area contributed by atoms with Crippen LogP contribution in [0.4, 0.5) is 0 Å². The minimum Gasteiger partial charge on any atom is -0.310 e. The third-order valence-electron chi connectivity index (χ3n) is 4.61. The van der Waals surface area contributed by atoms with Gasteiger partial charge in [0.15, 0.2) is 0 Å². The highest BCUT2D eigenvalue weighted by atomic mass is 14.9. The predicted molar refractivity (Wildman–Crippen MR) is 75.1 cm³/mol. The van der Waals surface area contributed by atoms with E-state index in [1.165, 1.54) is 51.4 Å². The van der Waals surface area contributed by atoms with Crippen LogP contribution >= 0.6 is 0 Å². The molecule has 0 radical (unpaired) electrons. The lowest BCUT2D eigenvalue weighted by Gasteiger charge is -2.27. The number of hydrogen-bond acceptors (Lipinski definition) is 1. The number of hydrogen-bond donors (Lipinski definition) is 1. The lowest BCUT2D eigenvalue weighted by Crippen LogP contribution is -2.37. The van der Waals surface area contributed by atoms with E-state index < -0.39 is 0 Å². The summed E-state index contributed by atoms with van der Waals surface area (Å²) < 4.78 is 0. The van der Waals surface area contributed by atoms with Crippen LogP contribution in [0.1, 0.15) is 65.2 Å². The number of nitrogens with one attached hydrogen (secondary N) is 1. The Morgan fingerprint density at radius 2 is 2.18 bits per heavy atom. The zero-order chi connectivity index (χ0) is 12.1. The maximum Gasteiger partial charge on any atom is 0.0307 e. The first-order chi connectivity index (χ1) is 8.31. The third-order valence-corrected chi connectivity index (χ3v) is 4.61. The van der Waals surface area contributed by atoms with Crippen molar-refractivity contribution in [1.29, 1.82) is 0 Å². The molecule has 3 atom stereocenters. The van der Waals surface area contributed by atoms with Crippen molar-refractivity contribution >= 4 is 0 Å². The summed E-state index contributed by atoms with van der Waals surface area (Å²) in [4.78, 5) is 0. The molecule has 0 bridgehead atoms. The Balaban J connectivity index is 2.02. The van der Waals surface area contributed by atoms with E-state index in [1.54, 1.807) is 5.57 Å². The smallest absolute Gasteiger partial charge is 0.0307 e. The highest BCUT2D eigenvalue weighted by Gasteiger charge is 2.30. The molecule has 0 aromatic heterocycles. The van der Waals surface area contributed by atoms with Crippen LogP contribution in [0.25, 0.3) is 0 Å². The second-order valence-electron chi connectivity index (χ2n) is 6.09. The zero-order valence-corrected chi connectivity index (χ0v) is 11.7.